The van der Waals surface area contributed by atoms with Crippen molar-refractivity contribution in [2.75, 3.05) is 44.2 Å². The Kier molecular flexibility index (Phi) is 10.2. The topological polar surface area (TPSA) is 149 Å². The van der Waals surface area contributed by atoms with Gasteiger partial charge in [-0.3, -0.25) is 14.7 Å². The van der Waals surface area contributed by atoms with Gasteiger partial charge in [-0.1, -0.05) is 30.3 Å². The summed E-state index contributed by atoms with van der Waals surface area (Å²) in [6.07, 6.45) is 8.48. The van der Waals surface area contributed by atoms with Gasteiger partial charge in [0.15, 0.2) is 5.60 Å². The van der Waals surface area contributed by atoms with E-state index in [0.29, 0.717) is 44.4 Å². The van der Waals surface area contributed by atoms with E-state index in [4.69, 9.17) is 10.5 Å². The highest BCUT2D eigenvalue weighted by atomic mass is 16.5. The SMILES string of the molecule is CC(C)(Oc1cccc(N2CCC[C@@H](NC(=O)N(Cc3ccc(-c4cn[nH]c4)cc3)C3CC3)C2)c1)C(=O)NCC(=O)N1CC[C@H](CN)C1. The summed E-state index contributed by atoms with van der Waals surface area (Å²) in [4.78, 5) is 45.2. The van der Waals surface area contributed by atoms with Crippen molar-refractivity contribution in [1.82, 2.24) is 30.6 Å². The second kappa shape index (κ2) is 14.7. The molecule has 0 unspecified atom stereocenters. The van der Waals surface area contributed by atoms with Crippen LogP contribution in [0.3, 0.4) is 0 Å². The number of nitrogens with zero attached hydrogens (tertiary/aromatic N) is 4. The van der Waals surface area contributed by atoms with Crippen LogP contribution in [0.25, 0.3) is 11.1 Å². The Morgan fingerprint density at radius 2 is 1.85 bits per heavy atom. The third-order valence-corrected chi connectivity index (χ3v) is 9.61. The maximum Gasteiger partial charge on any atom is 0.318 e. The Balaban J connectivity index is 1.01. The number of urea groups is 1. The van der Waals surface area contributed by atoms with Crippen LogP contribution in [0.2, 0.25) is 0 Å². The minimum absolute atomic E-state index is 0.0102. The Bertz CT molecular complexity index is 1560. The molecule has 12 nitrogen and oxygen atoms in total. The second-order valence-corrected chi connectivity index (χ2v) is 13.8. The first kappa shape index (κ1) is 33.3. The van der Waals surface area contributed by atoms with Gasteiger partial charge < -0.3 is 35.8 Å². The average molecular weight is 657 g/mol. The predicted molar refractivity (Wildman–Crippen MR) is 184 cm³/mol. The van der Waals surface area contributed by atoms with Crippen LogP contribution in [0.15, 0.2) is 60.9 Å². The highest BCUT2D eigenvalue weighted by Gasteiger charge is 2.35. The van der Waals surface area contributed by atoms with Crippen molar-refractivity contribution < 1.29 is 19.1 Å². The number of aromatic amines is 1. The molecule has 256 valence electrons. The highest BCUT2D eigenvalue weighted by molar-refractivity contribution is 5.89. The first-order valence-electron chi connectivity index (χ1n) is 17.1. The zero-order valence-electron chi connectivity index (χ0n) is 28.0. The molecule has 1 aromatic heterocycles. The van der Waals surface area contributed by atoms with E-state index in [2.05, 4.69) is 50.0 Å². The van der Waals surface area contributed by atoms with Crippen LogP contribution < -0.4 is 26.0 Å². The number of H-pyrrole nitrogens is 1. The molecule has 0 radical (unpaired) electrons. The third kappa shape index (κ3) is 8.28. The number of carbonyl (C=O) groups excluding carboxylic acids is 3. The molecule has 2 atom stereocenters. The summed E-state index contributed by atoms with van der Waals surface area (Å²) in [5, 5.41) is 13.0. The number of anilines is 1. The number of rotatable bonds is 12. The van der Waals surface area contributed by atoms with Crippen LogP contribution in [0.5, 0.6) is 5.75 Å². The van der Waals surface area contributed by atoms with Crippen LogP contribution in [-0.4, -0.2) is 94.8 Å². The van der Waals surface area contributed by atoms with Crippen molar-refractivity contribution in [3.63, 3.8) is 0 Å². The number of nitrogens with one attached hydrogen (secondary N) is 3. The summed E-state index contributed by atoms with van der Waals surface area (Å²) in [5.41, 5.74) is 8.75. The van der Waals surface area contributed by atoms with Crippen LogP contribution in [0.4, 0.5) is 10.5 Å². The van der Waals surface area contributed by atoms with Gasteiger partial charge in [-0.05, 0) is 81.7 Å². The van der Waals surface area contributed by atoms with Gasteiger partial charge >= 0.3 is 6.03 Å². The van der Waals surface area contributed by atoms with Crippen LogP contribution in [-0.2, 0) is 16.1 Å². The lowest BCUT2D eigenvalue weighted by atomic mass is 10.0. The molecule has 2 aromatic carbocycles. The van der Waals surface area contributed by atoms with Crippen molar-refractivity contribution in [3.8, 4) is 16.9 Å². The van der Waals surface area contributed by atoms with Crippen molar-refractivity contribution >= 4 is 23.5 Å². The molecule has 3 heterocycles. The number of benzene rings is 2. The minimum atomic E-state index is -1.19. The fraction of sp³-hybridized carbons (Fsp3) is 0.500. The fourth-order valence-corrected chi connectivity index (χ4v) is 6.56. The Morgan fingerprint density at radius 1 is 1.04 bits per heavy atom. The fourth-order valence-electron chi connectivity index (χ4n) is 6.56. The van der Waals surface area contributed by atoms with Crippen molar-refractivity contribution in [3.05, 3.63) is 66.5 Å². The Labute approximate surface area is 282 Å². The molecule has 48 heavy (non-hydrogen) atoms. The lowest BCUT2D eigenvalue weighted by Crippen LogP contribution is -2.52. The maximum atomic E-state index is 13.6. The molecule has 3 aliphatic rings. The monoisotopic (exact) mass is 656 g/mol. The van der Waals surface area contributed by atoms with E-state index in [1.165, 1.54) is 0 Å². The van der Waals surface area contributed by atoms with Crippen LogP contribution in [0, 0.1) is 5.92 Å². The van der Waals surface area contributed by atoms with Gasteiger partial charge in [0, 0.05) is 68.3 Å². The Morgan fingerprint density at radius 3 is 2.56 bits per heavy atom. The number of hydrogen-bond acceptors (Lipinski definition) is 7. The number of likely N-dealkylation sites (tertiary alicyclic amines) is 1. The molecular formula is C36H48N8O4. The van der Waals surface area contributed by atoms with Crippen molar-refractivity contribution in [2.24, 2.45) is 11.7 Å². The van der Waals surface area contributed by atoms with E-state index in [0.717, 1.165) is 61.0 Å². The minimum Gasteiger partial charge on any atom is -0.478 e. The molecule has 3 fully saturated rings. The smallest absolute Gasteiger partial charge is 0.318 e. The van der Waals surface area contributed by atoms with Crippen molar-refractivity contribution in [1.29, 1.82) is 0 Å². The second-order valence-electron chi connectivity index (χ2n) is 13.8. The molecule has 12 heteroatoms. The van der Waals surface area contributed by atoms with Gasteiger partial charge in [0.25, 0.3) is 5.91 Å². The number of aromatic nitrogens is 2. The van der Waals surface area contributed by atoms with Gasteiger partial charge in [-0.25, -0.2) is 4.79 Å². The molecule has 3 aromatic rings. The number of ether oxygens (including phenoxy) is 1. The zero-order chi connectivity index (χ0) is 33.7. The maximum absolute atomic E-state index is 13.6. The summed E-state index contributed by atoms with van der Waals surface area (Å²) in [7, 11) is 0. The summed E-state index contributed by atoms with van der Waals surface area (Å²) >= 11 is 0. The molecule has 0 spiro atoms. The lowest BCUT2D eigenvalue weighted by Gasteiger charge is -2.36. The summed E-state index contributed by atoms with van der Waals surface area (Å²) in [6, 6.07) is 16.3. The summed E-state index contributed by atoms with van der Waals surface area (Å²) in [6.45, 7) is 7.32. The third-order valence-electron chi connectivity index (χ3n) is 9.61. The molecule has 1 saturated carbocycles. The number of carbonyl (C=O) groups is 3. The number of piperidine rings is 1. The molecule has 1 aliphatic carbocycles. The van der Waals surface area contributed by atoms with Crippen molar-refractivity contribution in [2.45, 2.75) is 70.2 Å². The normalized spacial score (nSPS) is 19.6. The molecular weight excluding hydrogens is 608 g/mol. The quantitative estimate of drug-likeness (QED) is 0.233. The van der Waals surface area contributed by atoms with E-state index in [1.54, 1.807) is 24.9 Å². The van der Waals surface area contributed by atoms with Gasteiger partial charge in [-0.15, -0.1) is 0 Å². The zero-order valence-corrected chi connectivity index (χ0v) is 28.0. The summed E-state index contributed by atoms with van der Waals surface area (Å²) < 4.78 is 6.17. The predicted octanol–water partition coefficient (Wildman–Crippen LogP) is 3.50. The first-order chi connectivity index (χ1) is 23.2. The number of amides is 4. The number of nitrogens with two attached hydrogens (primary N) is 1. The van der Waals surface area contributed by atoms with E-state index < -0.39 is 5.60 Å². The Hall–Kier alpha value is -4.58. The molecule has 4 amide bonds. The van der Waals surface area contributed by atoms with Gasteiger partial charge in [0.1, 0.15) is 5.75 Å². The van der Waals surface area contributed by atoms with E-state index in [1.807, 2.05) is 35.4 Å². The molecule has 6 rings (SSSR count). The van der Waals surface area contributed by atoms with Gasteiger partial charge in [0.05, 0.1) is 12.7 Å². The molecule has 2 aliphatic heterocycles. The lowest BCUT2D eigenvalue weighted by molar-refractivity contribution is -0.138. The standard InChI is InChI=1S/C36H48N8O4/c1-36(2,34(46)38-21-33(45)43-16-14-26(18-37)22-43)48-32-7-3-6-31(17-32)42-15-4-5-29(24-42)41-35(47)44(30-12-13-30)23-25-8-10-27(11-9-25)28-19-39-40-20-28/h3,6-11,17,19-20,26,29-30H,4-5,12-16,18,21-24,37H2,1-2H3,(H,38,46)(H,39,40)(H,41,47)/t26-,29-/m1/s1. The van der Waals surface area contributed by atoms with Gasteiger partial charge in [0.2, 0.25) is 5.91 Å². The van der Waals surface area contributed by atoms with E-state index in [-0.39, 0.29) is 36.5 Å². The summed E-state index contributed by atoms with van der Waals surface area (Å²) in [5.74, 6) is 0.424. The van der Waals surface area contributed by atoms with Gasteiger partial charge in [-0.2, -0.15) is 5.10 Å². The van der Waals surface area contributed by atoms with Crippen LogP contribution in [0.1, 0.15) is 51.5 Å². The van der Waals surface area contributed by atoms with E-state index in [9.17, 15) is 14.4 Å². The first-order valence-corrected chi connectivity index (χ1v) is 17.1. The number of hydrogen-bond donors (Lipinski definition) is 4. The molecule has 0 bridgehead atoms. The highest BCUT2D eigenvalue weighted by Crippen LogP contribution is 2.30. The van der Waals surface area contributed by atoms with Crippen LogP contribution >= 0.6 is 0 Å². The molecule has 2 saturated heterocycles. The van der Waals surface area contributed by atoms with E-state index >= 15 is 0 Å². The largest absolute Gasteiger partial charge is 0.478 e. The average Bonchev–Trinajstić information content (AvgIpc) is 3.55. The molecule has 5 N–H and O–H groups in total.